The van der Waals surface area contributed by atoms with E-state index in [0.29, 0.717) is 12.8 Å². The van der Waals surface area contributed by atoms with E-state index in [9.17, 15) is 27.6 Å². The fourth-order valence-electron chi connectivity index (χ4n) is 2.52. The molecule has 0 radical (unpaired) electrons. The number of carbonyl (C=O) groups is 3. The molecule has 0 spiro atoms. The highest BCUT2D eigenvalue weighted by Gasteiger charge is 2.34. The molecule has 1 saturated heterocycles. The number of carboxylic acid groups (broad SMARTS) is 1. The lowest BCUT2D eigenvalue weighted by Crippen LogP contribution is -2.45. The monoisotopic (exact) mass is 360 g/mol. The Morgan fingerprint density at radius 2 is 2.04 bits per heavy atom. The predicted octanol–water partition coefficient (Wildman–Crippen LogP) is 1.39. The molecule has 0 aliphatic carbocycles. The number of amides is 2. The lowest BCUT2D eigenvalue weighted by molar-refractivity contribution is -0.274. The minimum Gasteiger partial charge on any atom is -0.480 e. The van der Waals surface area contributed by atoms with Crippen LogP contribution in [-0.4, -0.2) is 53.3 Å². The van der Waals surface area contributed by atoms with Crippen LogP contribution < -0.4 is 10.1 Å². The number of nitrogens with one attached hydrogen (secondary N) is 1. The number of aliphatic carboxylic acids is 1. The average molecular weight is 360 g/mol. The standard InChI is InChI=1S/C15H15F3N2O5/c16-15(17,18)25-10-4-1-3-9(7-10)13(22)19-8-12(21)20-6-2-5-11(20)14(23)24/h1,3-4,7,11H,2,5-6,8H2,(H,19,22)(H,23,24)/t11-/m0/s1. The summed E-state index contributed by atoms with van der Waals surface area (Å²) in [6.45, 7) is -0.173. The van der Waals surface area contributed by atoms with Crippen LogP contribution in [-0.2, 0) is 9.59 Å². The van der Waals surface area contributed by atoms with Gasteiger partial charge in [-0.1, -0.05) is 6.07 Å². The van der Waals surface area contributed by atoms with Crippen LogP contribution in [0, 0.1) is 0 Å². The number of hydrogen-bond acceptors (Lipinski definition) is 4. The van der Waals surface area contributed by atoms with Gasteiger partial charge in [0, 0.05) is 12.1 Å². The van der Waals surface area contributed by atoms with Gasteiger partial charge in [0.1, 0.15) is 11.8 Å². The van der Waals surface area contributed by atoms with Gasteiger partial charge in [-0.05, 0) is 31.0 Å². The summed E-state index contributed by atoms with van der Waals surface area (Å²) in [4.78, 5) is 36.2. The number of benzene rings is 1. The zero-order valence-electron chi connectivity index (χ0n) is 12.9. The van der Waals surface area contributed by atoms with Crippen LogP contribution >= 0.6 is 0 Å². The number of alkyl halides is 3. The number of ether oxygens (including phenoxy) is 1. The predicted molar refractivity (Wildman–Crippen MR) is 77.8 cm³/mol. The Kier molecular flexibility index (Phi) is 5.50. The van der Waals surface area contributed by atoms with E-state index >= 15 is 0 Å². The molecule has 2 amide bonds. The average Bonchev–Trinajstić information content (AvgIpc) is 3.00. The van der Waals surface area contributed by atoms with Crippen molar-refractivity contribution in [2.75, 3.05) is 13.1 Å². The number of likely N-dealkylation sites (tertiary alicyclic amines) is 1. The molecule has 10 heteroatoms. The first-order chi connectivity index (χ1) is 11.7. The van der Waals surface area contributed by atoms with Crippen LogP contribution in [0.5, 0.6) is 5.75 Å². The second-order valence-electron chi connectivity index (χ2n) is 5.34. The molecule has 7 nitrogen and oxygen atoms in total. The van der Waals surface area contributed by atoms with Crippen molar-refractivity contribution in [3.8, 4) is 5.75 Å². The lowest BCUT2D eigenvalue weighted by Gasteiger charge is -2.21. The molecule has 1 aromatic carbocycles. The Balaban J connectivity index is 1.95. The van der Waals surface area contributed by atoms with Gasteiger partial charge in [0.25, 0.3) is 5.91 Å². The summed E-state index contributed by atoms with van der Waals surface area (Å²) in [6, 6.07) is 3.48. The molecule has 0 bridgehead atoms. The number of halogens is 3. The first kappa shape index (κ1) is 18.6. The molecule has 1 heterocycles. The second kappa shape index (κ2) is 7.41. The van der Waals surface area contributed by atoms with Gasteiger partial charge >= 0.3 is 12.3 Å². The summed E-state index contributed by atoms with van der Waals surface area (Å²) in [7, 11) is 0. The van der Waals surface area contributed by atoms with Crippen molar-refractivity contribution in [2.45, 2.75) is 25.2 Å². The highest BCUT2D eigenvalue weighted by Crippen LogP contribution is 2.23. The lowest BCUT2D eigenvalue weighted by atomic mass is 10.2. The van der Waals surface area contributed by atoms with E-state index in [0.717, 1.165) is 17.0 Å². The van der Waals surface area contributed by atoms with Crippen LogP contribution in [0.2, 0.25) is 0 Å². The van der Waals surface area contributed by atoms with Gasteiger partial charge in [-0.25, -0.2) is 4.79 Å². The van der Waals surface area contributed by atoms with Crippen molar-refractivity contribution in [2.24, 2.45) is 0 Å². The summed E-state index contributed by atoms with van der Waals surface area (Å²) in [5.41, 5.74) is -0.120. The van der Waals surface area contributed by atoms with Gasteiger partial charge < -0.3 is 20.1 Å². The van der Waals surface area contributed by atoms with Crippen LogP contribution in [0.4, 0.5) is 13.2 Å². The van der Waals surface area contributed by atoms with Crippen LogP contribution in [0.1, 0.15) is 23.2 Å². The minimum absolute atomic E-state index is 0.120. The van der Waals surface area contributed by atoms with Crippen molar-refractivity contribution in [3.05, 3.63) is 29.8 Å². The maximum Gasteiger partial charge on any atom is 0.573 e. The van der Waals surface area contributed by atoms with E-state index in [-0.39, 0.29) is 12.1 Å². The van der Waals surface area contributed by atoms with E-state index in [2.05, 4.69) is 10.1 Å². The van der Waals surface area contributed by atoms with E-state index in [4.69, 9.17) is 5.11 Å². The Labute approximate surface area is 140 Å². The topological polar surface area (TPSA) is 95.9 Å². The highest BCUT2D eigenvalue weighted by molar-refractivity contribution is 5.97. The molecule has 1 aromatic rings. The van der Waals surface area contributed by atoms with Crippen molar-refractivity contribution in [1.29, 1.82) is 0 Å². The molecule has 2 rings (SSSR count). The number of nitrogens with zero attached hydrogens (tertiary/aromatic N) is 1. The largest absolute Gasteiger partial charge is 0.573 e. The summed E-state index contributed by atoms with van der Waals surface area (Å²) in [5, 5.41) is 11.3. The van der Waals surface area contributed by atoms with Gasteiger partial charge in [0.15, 0.2) is 0 Å². The third-order valence-electron chi connectivity index (χ3n) is 3.59. The van der Waals surface area contributed by atoms with Gasteiger partial charge in [-0.3, -0.25) is 9.59 Å². The molecule has 1 fully saturated rings. The van der Waals surface area contributed by atoms with E-state index in [1.807, 2.05) is 0 Å². The SMILES string of the molecule is O=C(NCC(=O)N1CCC[C@H]1C(=O)O)c1cccc(OC(F)(F)F)c1. The molecule has 1 atom stereocenters. The first-order valence-electron chi connectivity index (χ1n) is 7.33. The van der Waals surface area contributed by atoms with Crippen molar-refractivity contribution in [1.82, 2.24) is 10.2 Å². The number of hydrogen-bond donors (Lipinski definition) is 2. The molecular formula is C15H15F3N2O5. The third-order valence-corrected chi connectivity index (χ3v) is 3.59. The number of carboxylic acids is 1. The molecule has 2 N–H and O–H groups in total. The van der Waals surface area contributed by atoms with Crippen LogP contribution in [0.3, 0.4) is 0 Å². The second-order valence-corrected chi connectivity index (χ2v) is 5.34. The van der Waals surface area contributed by atoms with Gasteiger partial charge in [-0.15, -0.1) is 13.2 Å². The van der Waals surface area contributed by atoms with Gasteiger partial charge in [0.05, 0.1) is 6.54 Å². The minimum atomic E-state index is -4.88. The third kappa shape index (κ3) is 5.10. The molecule has 1 aliphatic heterocycles. The normalized spacial score (nSPS) is 17.2. The maximum atomic E-state index is 12.2. The molecule has 0 unspecified atom stereocenters. The van der Waals surface area contributed by atoms with Crippen LogP contribution in [0.15, 0.2) is 24.3 Å². The summed E-state index contributed by atoms with van der Waals surface area (Å²) in [5.74, 6) is -3.01. The fraction of sp³-hybridized carbons (Fsp3) is 0.400. The molecule has 1 aliphatic rings. The van der Waals surface area contributed by atoms with Crippen LogP contribution in [0.25, 0.3) is 0 Å². The quantitative estimate of drug-likeness (QED) is 0.827. The molecule has 0 saturated carbocycles. The smallest absolute Gasteiger partial charge is 0.480 e. The fourth-order valence-corrected chi connectivity index (χ4v) is 2.52. The molecule has 136 valence electrons. The highest BCUT2D eigenvalue weighted by atomic mass is 19.4. The Hall–Kier alpha value is -2.78. The Bertz CT molecular complexity index is 677. The van der Waals surface area contributed by atoms with Crippen molar-refractivity contribution in [3.63, 3.8) is 0 Å². The Morgan fingerprint density at radius 1 is 1.32 bits per heavy atom. The zero-order valence-corrected chi connectivity index (χ0v) is 12.9. The van der Waals surface area contributed by atoms with Crippen molar-refractivity contribution >= 4 is 17.8 Å². The van der Waals surface area contributed by atoms with Gasteiger partial charge in [0.2, 0.25) is 5.91 Å². The molecular weight excluding hydrogens is 345 g/mol. The maximum absolute atomic E-state index is 12.2. The van der Waals surface area contributed by atoms with Gasteiger partial charge in [-0.2, -0.15) is 0 Å². The zero-order chi connectivity index (χ0) is 18.6. The number of rotatable bonds is 5. The van der Waals surface area contributed by atoms with E-state index < -0.39 is 42.5 Å². The summed E-state index contributed by atoms with van der Waals surface area (Å²) < 4.78 is 40.3. The van der Waals surface area contributed by atoms with E-state index in [1.54, 1.807) is 0 Å². The van der Waals surface area contributed by atoms with Crippen molar-refractivity contribution < 1.29 is 37.4 Å². The van der Waals surface area contributed by atoms with E-state index in [1.165, 1.54) is 12.1 Å². The molecule has 0 aromatic heterocycles. The Morgan fingerprint density at radius 3 is 2.68 bits per heavy atom. The molecule has 25 heavy (non-hydrogen) atoms. The summed E-state index contributed by atoms with van der Waals surface area (Å²) in [6.07, 6.45) is -3.99. The first-order valence-corrected chi connectivity index (χ1v) is 7.33. The summed E-state index contributed by atoms with van der Waals surface area (Å²) >= 11 is 0. The number of carbonyl (C=O) groups excluding carboxylic acids is 2.